The minimum atomic E-state index is -0.724. The molecule has 20 heavy (non-hydrogen) atoms. The molecule has 1 aromatic rings. The highest BCUT2D eigenvalue weighted by molar-refractivity contribution is 5.98. The third kappa shape index (κ3) is 3.24. The molecule has 1 aliphatic heterocycles. The van der Waals surface area contributed by atoms with Crippen molar-refractivity contribution in [1.29, 1.82) is 0 Å². The van der Waals surface area contributed by atoms with Crippen molar-refractivity contribution in [2.24, 2.45) is 0 Å². The summed E-state index contributed by atoms with van der Waals surface area (Å²) in [5.74, 6) is -1.13. The number of para-hydroxylation sites is 1. The second-order valence-corrected chi connectivity index (χ2v) is 4.61. The van der Waals surface area contributed by atoms with E-state index in [1.807, 2.05) is 0 Å². The first-order chi connectivity index (χ1) is 9.59. The van der Waals surface area contributed by atoms with Gasteiger partial charge >= 0.3 is 5.69 Å². The SMILES string of the molecule is O=C(NCCC1CCCO1)c1cccc([N+](=O)[O-])c1O. The van der Waals surface area contributed by atoms with Crippen LogP contribution in [0.25, 0.3) is 0 Å². The highest BCUT2D eigenvalue weighted by Gasteiger charge is 2.21. The van der Waals surface area contributed by atoms with Crippen molar-refractivity contribution in [2.45, 2.75) is 25.4 Å². The Labute approximate surface area is 115 Å². The van der Waals surface area contributed by atoms with Crippen molar-refractivity contribution in [3.63, 3.8) is 0 Å². The molecule has 0 spiro atoms. The summed E-state index contributed by atoms with van der Waals surface area (Å²) in [6.45, 7) is 1.16. The number of ether oxygens (including phenoxy) is 1. The lowest BCUT2D eigenvalue weighted by Gasteiger charge is -2.10. The molecular weight excluding hydrogens is 264 g/mol. The average molecular weight is 280 g/mol. The highest BCUT2D eigenvalue weighted by Crippen LogP contribution is 2.29. The van der Waals surface area contributed by atoms with E-state index >= 15 is 0 Å². The topological polar surface area (TPSA) is 102 Å². The first-order valence-electron chi connectivity index (χ1n) is 6.45. The molecule has 7 nitrogen and oxygen atoms in total. The largest absolute Gasteiger partial charge is 0.502 e. The summed E-state index contributed by atoms with van der Waals surface area (Å²) in [6.07, 6.45) is 2.87. The fraction of sp³-hybridized carbons (Fsp3) is 0.462. The van der Waals surface area contributed by atoms with Crippen LogP contribution in [-0.2, 0) is 4.74 Å². The van der Waals surface area contributed by atoms with Gasteiger partial charge in [0.25, 0.3) is 5.91 Å². The molecule has 0 radical (unpaired) electrons. The van der Waals surface area contributed by atoms with Gasteiger partial charge in [-0.05, 0) is 25.3 Å². The Morgan fingerprint density at radius 1 is 1.55 bits per heavy atom. The van der Waals surface area contributed by atoms with E-state index in [1.165, 1.54) is 12.1 Å². The van der Waals surface area contributed by atoms with E-state index in [0.29, 0.717) is 13.0 Å². The van der Waals surface area contributed by atoms with E-state index in [2.05, 4.69) is 5.32 Å². The van der Waals surface area contributed by atoms with Crippen molar-refractivity contribution in [1.82, 2.24) is 5.32 Å². The third-order valence-corrected chi connectivity index (χ3v) is 3.23. The Bertz CT molecular complexity index is 511. The maximum atomic E-state index is 11.9. The summed E-state index contributed by atoms with van der Waals surface area (Å²) in [6, 6.07) is 3.87. The van der Waals surface area contributed by atoms with Crippen molar-refractivity contribution in [2.75, 3.05) is 13.2 Å². The van der Waals surface area contributed by atoms with Crippen LogP contribution >= 0.6 is 0 Å². The van der Waals surface area contributed by atoms with Gasteiger partial charge in [0, 0.05) is 19.2 Å². The summed E-state index contributed by atoms with van der Waals surface area (Å²) >= 11 is 0. The normalized spacial score (nSPS) is 17.9. The molecule has 1 atom stereocenters. The number of phenols is 1. The van der Waals surface area contributed by atoms with Gasteiger partial charge in [0.15, 0.2) is 0 Å². The monoisotopic (exact) mass is 280 g/mol. The standard InChI is InChI=1S/C13H16N2O5/c16-12-10(4-1-5-11(12)15(18)19)13(17)14-7-6-9-3-2-8-20-9/h1,4-5,9,16H,2-3,6-8H2,(H,14,17). The number of phenolic OH excluding ortho intramolecular Hbond substituents is 1. The molecule has 1 saturated heterocycles. The second kappa shape index (κ2) is 6.33. The molecule has 1 aliphatic rings. The molecule has 108 valence electrons. The van der Waals surface area contributed by atoms with Crippen LogP contribution in [0.4, 0.5) is 5.69 Å². The summed E-state index contributed by atoms with van der Waals surface area (Å²) in [7, 11) is 0. The number of nitrogens with zero attached hydrogens (tertiary/aromatic N) is 1. The first kappa shape index (κ1) is 14.3. The molecule has 1 amide bonds. The van der Waals surface area contributed by atoms with Crippen molar-refractivity contribution >= 4 is 11.6 Å². The zero-order chi connectivity index (χ0) is 14.5. The maximum Gasteiger partial charge on any atom is 0.311 e. The van der Waals surface area contributed by atoms with Gasteiger partial charge in [-0.3, -0.25) is 14.9 Å². The minimum Gasteiger partial charge on any atom is -0.502 e. The van der Waals surface area contributed by atoms with Gasteiger partial charge in [0.1, 0.15) is 0 Å². The molecular formula is C13H16N2O5. The van der Waals surface area contributed by atoms with Crippen LogP contribution in [0.2, 0.25) is 0 Å². The van der Waals surface area contributed by atoms with Gasteiger partial charge in [-0.25, -0.2) is 0 Å². The zero-order valence-electron chi connectivity index (χ0n) is 10.9. The number of hydrogen-bond donors (Lipinski definition) is 2. The van der Waals surface area contributed by atoms with Crippen molar-refractivity contribution < 1.29 is 19.6 Å². The summed E-state index contributed by atoms with van der Waals surface area (Å²) in [5, 5.41) is 23.0. The van der Waals surface area contributed by atoms with Gasteiger partial charge in [-0.1, -0.05) is 6.07 Å². The lowest BCUT2D eigenvalue weighted by molar-refractivity contribution is -0.385. The number of nitrogens with one attached hydrogen (secondary N) is 1. The first-order valence-corrected chi connectivity index (χ1v) is 6.45. The number of nitro benzene ring substituents is 1. The van der Waals surface area contributed by atoms with Gasteiger partial charge in [0.05, 0.1) is 16.6 Å². The van der Waals surface area contributed by atoms with Crippen LogP contribution in [0.3, 0.4) is 0 Å². The van der Waals surface area contributed by atoms with E-state index in [4.69, 9.17) is 4.74 Å². The molecule has 2 N–H and O–H groups in total. The molecule has 1 aromatic carbocycles. The van der Waals surface area contributed by atoms with Crippen LogP contribution in [-0.4, -0.2) is 35.2 Å². The molecule has 2 rings (SSSR count). The molecule has 0 saturated carbocycles. The van der Waals surface area contributed by atoms with E-state index in [-0.39, 0.29) is 11.7 Å². The van der Waals surface area contributed by atoms with Gasteiger partial charge in [-0.15, -0.1) is 0 Å². The van der Waals surface area contributed by atoms with Crippen molar-refractivity contribution in [3.05, 3.63) is 33.9 Å². The number of rotatable bonds is 5. The van der Waals surface area contributed by atoms with Crippen LogP contribution in [0.15, 0.2) is 18.2 Å². The van der Waals surface area contributed by atoms with Crippen LogP contribution in [0.5, 0.6) is 5.75 Å². The van der Waals surface area contributed by atoms with Crippen LogP contribution < -0.4 is 5.32 Å². The third-order valence-electron chi connectivity index (χ3n) is 3.23. The molecule has 0 aliphatic carbocycles. The Morgan fingerprint density at radius 3 is 3.00 bits per heavy atom. The van der Waals surface area contributed by atoms with Crippen molar-refractivity contribution in [3.8, 4) is 5.75 Å². The summed E-state index contributed by atoms with van der Waals surface area (Å²) in [5.41, 5.74) is -0.566. The number of benzene rings is 1. The van der Waals surface area contributed by atoms with E-state index in [1.54, 1.807) is 0 Å². The Morgan fingerprint density at radius 2 is 2.35 bits per heavy atom. The lowest BCUT2D eigenvalue weighted by Crippen LogP contribution is -2.27. The lowest BCUT2D eigenvalue weighted by atomic mass is 10.1. The Kier molecular flexibility index (Phi) is 4.52. The van der Waals surface area contributed by atoms with Gasteiger partial charge in [-0.2, -0.15) is 0 Å². The number of nitro groups is 1. The molecule has 1 fully saturated rings. The number of hydrogen-bond acceptors (Lipinski definition) is 5. The number of carbonyl (C=O) groups excluding carboxylic acids is 1. The maximum absolute atomic E-state index is 11.9. The predicted molar refractivity (Wildman–Crippen MR) is 70.7 cm³/mol. The number of carbonyl (C=O) groups is 1. The number of aromatic hydroxyl groups is 1. The quantitative estimate of drug-likeness (QED) is 0.630. The fourth-order valence-electron chi connectivity index (χ4n) is 2.18. The molecule has 0 aromatic heterocycles. The molecule has 1 unspecified atom stereocenters. The van der Waals surface area contributed by atoms with Crippen LogP contribution in [0.1, 0.15) is 29.6 Å². The predicted octanol–water partition coefficient (Wildman–Crippen LogP) is 1.60. The Hall–Kier alpha value is -2.15. The second-order valence-electron chi connectivity index (χ2n) is 4.61. The van der Waals surface area contributed by atoms with E-state index in [0.717, 1.165) is 25.5 Å². The average Bonchev–Trinajstić information content (AvgIpc) is 2.91. The van der Waals surface area contributed by atoms with Crippen LogP contribution in [0, 0.1) is 10.1 Å². The van der Waals surface area contributed by atoms with E-state index in [9.17, 15) is 20.0 Å². The molecule has 0 bridgehead atoms. The Balaban J connectivity index is 1.95. The minimum absolute atomic E-state index is 0.0912. The van der Waals surface area contributed by atoms with Gasteiger partial charge < -0.3 is 15.2 Å². The van der Waals surface area contributed by atoms with E-state index < -0.39 is 22.3 Å². The summed E-state index contributed by atoms with van der Waals surface area (Å²) in [4.78, 5) is 21.8. The zero-order valence-corrected chi connectivity index (χ0v) is 10.9. The molecule has 1 heterocycles. The molecule has 7 heteroatoms. The summed E-state index contributed by atoms with van der Waals surface area (Å²) < 4.78 is 5.42. The number of amides is 1. The smallest absolute Gasteiger partial charge is 0.311 e. The van der Waals surface area contributed by atoms with Gasteiger partial charge in [0.2, 0.25) is 5.75 Å². The highest BCUT2D eigenvalue weighted by atomic mass is 16.6. The fourth-order valence-corrected chi connectivity index (χ4v) is 2.18.